The molecule has 2 rings (SSSR count). The summed E-state index contributed by atoms with van der Waals surface area (Å²) in [4.78, 5) is 50.9. The fraction of sp³-hybridized carbons (Fsp3) is 0.583. The van der Waals surface area contributed by atoms with Gasteiger partial charge >= 0.3 is 18.0 Å². The standard InChI is InChI=1S/C24H34N2O7/c1-16-12-13-26(19(14-16)22(29)30)21(28)18(25-23(31)33-24(2,3)4)10-11-20(27)32-15-17-8-6-5-7-9-17/h5-9,16,18-19H,10-15H2,1-4H3,(H,25,31)(H,29,30)/t16-,18+,19-/m1/s1. The molecule has 182 valence electrons. The van der Waals surface area contributed by atoms with Gasteiger partial charge in [-0.15, -0.1) is 0 Å². The number of hydrogen-bond acceptors (Lipinski definition) is 6. The molecule has 1 aromatic carbocycles. The molecule has 9 nitrogen and oxygen atoms in total. The third-order valence-corrected chi connectivity index (χ3v) is 5.30. The fourth-order valence-electron chi connectivity index (χ4n) is 3.62. The molecule has 1 heterocycles. The fourth-order valence-corrected chi connectivity index (χ4v) is 3.62. The van der Waals surface area contributed by atoms with Crippen LogP contribution >= 0.6 is 0 Å². The van der Waals surface area contributed by atoms with Crippen LogP contribution in [0.4, 0.5) is 4.79 Å². The SMILES string of the molecule is C[C@@H]1CCN(C(=O)[C@H](CCC(=O)OCc2ccccc2)NC(=O)OC(C)(C)C)[C@@H](C(=O)O)C1. The Morgan fingerprint density at radius 2 is 1.85 bits per heavy atom. The van der Waals surface area contributed by atoms with E-state index in [4.69, 9.17) is 9.47 Å². The zero-order chi connectivity index (χ0) is 24.6. The number of piperidine rings is 1. The molecule has 0 saturated carbocycles. The van der Waals surface area contributed by atoms with Crippen LogP contribution in [-0.4, -0.2) is 58.2 Å². The van der Waals surface area contributed by atoms with Crippen molar-refractivity contribution in [3.05, 3.63) is 35.9 Å². The van der Waals surface area contributed by atoms with Crippen molar-refractivity contribution < 1.29 is 33.8 Å². The highest BCUT2D eigenvalue weighted by molar-refractivity contribution is 5.90. The molecule has 2 N–H and O–H groups in total. The van der Waals surface area contributed by atoms with E-state index in [-0.39, 0.29) is 31.9 Å². The number of ether oxygens (including phenoxy) is 2. The maximum absolute atomic E-state index is 13.3. The number of carboxylic acids is 1. The summed E-state index contributed by atoms with van der Waals surface area (Å²) in [6.07, 6.45) is 0.0221. The van der Waals surface area contributed by atoms with Crippen LogP contribution in [-0.2, 0) is 30.5 Å². The Hall–Kier alpha value is -3.10. The molecule has 0 bridgehead atoms. The molecular weight excluding hydrogens is 428 g/mol. The van der Waals surface area contributed by atoms with E-state index in [1.54, 1.807) is 20.8 Å². The molecule has 2 amide bonds. The van der Waals surface area contributed by atoms with Crippen molar-refractivity contribution in [3.63, 3.8) is 0 Å². The van der Waals surface area contributed by atoms with E-state index in [0.29, 0.717) is 12.8 Å². The van der Waals surface area contributed by atoms with Gasteiger partial charge < -0.3 is 24.8 Å². The summed E-state index contributed by atoms with van der Waals surface area (Å²) in [5.74, 6) is -1.99. The van der Waals surface area contributed by atoms with Crippen molar-refractivity contribution in [1.29, 1.82) is 0 Å². The Balaban J connectivity index is 2.06. The second-order valence-corrected chi connectivity index (χ2v) is 9.40. The van der Waals surface area contributed by atoms with Crippen LogP contribution in [0.25, 0.3) is 0 Å². The zero-order valence-corrected chi connectivity index (χ0v) is 19.7. The van der Waals surface area contributed by atoms with Gasteiger partial charge in [-0.05, 0) is 51.5 Å². The van der Waals surface area contributed by atoms with E-state index >= 15 is 0 Å². The van der Waals surface area contributed by atoms with Crippen molar-refractivity contribution in [2.45, 2.75) is 77.7 Å². The second kappa shape index (κ2) is 11.7. The molecule has 33 heavy (non-hydrogen) atoms. The first-order valence-electron chi connectivity index (χ1n) is 11.2. The molecule has 0 spiro atoms. The molecule has 1 aliphatic heterocycles. The van der Waals surface area contributed by atoms with Crippen LogP contribution in [0.1, 0.15) is 58.9 Å². The van der Waals surface area contributed by atoms with Gasteiger partial charge in [0.2, 0.25) is 5.91 Å². The molecular formula is C24H34N2O7. The number of carboxylic acid groups (broad SMARTS) is 1. The zero-order valence-electron chi connectivity index (χ0n) is 19.7. The van der Waals surface area contributed by atoms with Crippen LogP contribution in [0.5, 0.6) is 0 Å². The number of likely N-dealkylation sites (tertiary alicyclic amines) is 1. The molecule has 3 atom stereocenters. The van der Waals surface area contributed by atoms with Crippen LogP contribution in [0.2, 0.25) is 0 Å². The maximum atomic E-state index is 13.3. The summed E-state index contributed by atoms with van der Waals surface area (Å²) in [5, 5.41) is 12.1. The molecule has 1 fully saturated rings. The van der Waals surface area contributed by atoms with Gasteiger partial charge in [0.05, 0.1) is 0 Å². The second-order valence-electron chi connectivity index (χ2n) is 9.40. The average Bonchev–Trinajstić information content (AvgIpc) is 2.74. The molecule has 0 radical (unpaired) electrons. The number of benzene rings is 1. The first kappa shape index (κ1) is 26.2. The normalized spacial score (nSPS) is 19.3. The Morgan fingerprint density at radius 1 is 1.18 bits per heavy atom. The van der Waals surface area contributed by atoms with E-state index in [2.05, 4.69) is 5.32 Å². The Kier molecular flexibility index (Phi) is 9.25. The number of nitrogens with zero attached hydrogens (tertiary/aromatic N) is 1. The number of carbonyl (C=O) groups is 4. The third-order valence-electron chi connectivity index (χ3n) is 5.30. The Labute approximate surface area is 194 Å². The number of nitrogens with one attached hydrogen (secondary N) is 1. The van der Waals surface area contributed by atoms with Gasteiger partial charge in [0, 0.05) is 13.0 Å². The molecule has 0 aromatic heterocycles. The lowest BCUT2D eigenvalue weighted by Gasteiger charge is -2.38. The highest BCUT2D eigenvalue weighted by atomic mass is 16.6. The minimum atomic E-state index is -1.11. The smallest absolute Gasteiger partial charge is 0.408 e. The lowest BCUT2D eigenvalue weighted by atomic mass is 9.91. The lowest BCUT2D eigenvalue weighted by molar-refractivity contribution is -0.154. The molecule has 1 saturated heterocycles. The highest BCUT2D eigenvalue weighted by Crippen LogP contribution is 2.24. The highest BCUT2D eigenvalue weighted by Gasteiger charge is 2.38. The number of hydrogen-bond donors (Lipinski definition) is 2. The monoisotopic (exact) mass is 462 g/mol. The summed E-state index contributed by atoms with van der Waals surface area (Å²) in [5.41, 5.74) is 0.0493. The van der Waals surface area contributed by atoms with Gasteiger partial charge in [0.15, 0.2) is 0 Å². The van der Waals surface area contributed by atoms with Crippen molar-refractivity contribution in [3.8, 4) is 0 Å². The Morgan fingerprint density at radius 3 is 2.45 bits per heavy atom. The largest absolute Gasteiger partial charge is 0.480 e. The van der Waals surface area contributed by atoms with Gasteiger partial charge in [0.1, 0.15) is 24.3 Å². The van der Waals surface area contributed by atoms with Crippen LogP contribution < -0.4 is 5.32 Å². The van der Waals surface area contributed by atoms with Gasteiger partial charge in [0.25, 0.3) is 0 Å². The summed E-state index contributed by atoms with van der Waals surface area (Å²) >= 11 is 0. The quantitative estimate of drug-likeness (QED) is 0.569. The van der Waals surface area contributed by atoms with E-state index in [9.17, 15) is 24.3 Å². The van der Waals surface area contributed by atoms with Crippen LogP contribution in [0.15, 0.2) is 30.3 Å². The topological polar surface area (TPSA) is 122 Å². The summed E-state index contributed by atoms with van der Waals surface area (Å²) in [6.45, 7) is 7.38. The minimum absolute atomic E-state index is 0.0376. The number of amides is 2. The van der Waals surface area contributed by atoms with Crippen molar-refractivity contribution in [2.24, 2.45) is 5.92 Å². The van der Waals surface area contributed by atoms with Gasteiger partial charge in [-0.25, -0.2) is 9.59 Å². The van der Waals surface area contributed by atoms with Crippen LogP contribution in [0, 0.1) is 5.92 Å². The van der Waals surface area contributed by atoms with Crippen LogP contribution in [0.3, 0.4) is 0 Å². The first-order valence-corrected chi connectivity index (χ1v) is 11.2. The number of aliphatic carboxylic acids is 1. The molecule has 0 aliphatic carbocycles. The number of alkyl carbamates (subject to hydrolysis) is 1. The number of carbonyl (C=O) groups excluding carboxylic acids is 3. The maximum Gasteiger partial charge on any atom is 0.408 e. The van der Waals surface area contributed by atoms with Crippen molar-refractivity contribution >= 4 is 23.9 Å². The van der Waals surface area contributed by atoms with Gasteiger partial charge in [-0.3, -0.25) is 9.59 Å². The van der Waals surface area contributed by atoms with E-state index in [1.807, 2.05) is 37.3 Å². The molecule has 9 heteroatoms. The predicted molar refractivity (Wildman–Crippen MR) is 120 cm³/mol. The Bertz CT molecular complexity index is 835. The van der Waals surface area contributed by atoms with Crippen molar-refractivity contribution in [2.75, 3.05) is 6.54 Å². The van der Waals surface area contributed by atoms with E-state index < -0.39 is 41.6 Å². The summed E-state index contributed by atoms with van der Waals surface area (Å²) < 4.78 is 10.5. The molecule has 0 unspecified atom stereocenters. The lowest BCUT2D eigenvalue weighted by Crippen LogP contribution is -2.56. The van der Waals surface area contributed by atoms with E-state index in [0.717, 1.165) is 5.56 Å². The van der Waals surface area contributed by atoms with Gasteiger partial charge in [-0.1, -0.05) is 37.3 Å². The molecule has 1 aromatic rings. The number of rotatable bonds is 8. The average molecular weight is 463 g/mol. The molecule has 1 aliphatic rings. The first-order chi connectivity index (χ1) is 15.5. The summed E-state index contributed by atoms with van der Waals surface area (Å²) in [7, 11) is 0. The van der Waals surface area contributed by atoms with Crippen molar-refractivity contribution in [1.82, 2.24) is 10.2 Å². The van der Waals surface area contributed by atoms with E-state index in [1.165, 1.54) is 4.90 Å². The number of esters is 1. The third kappa shape index (κ3) is 8.75. The minimum Gasteiger partial charge on any atom is -0.480 e. The van der Waals surface area contributed by atoms with Gasteiger partial charge in [-0.2, -0.15) is 0 Å². The summed E-state index contributed by atoms with van der Waals surface area (Å²) in [6, 6.07) is 7.09. The predicted octanol–water partition coefficient (Wildman–Crippen LogP) is 3.12.